The number of hydrogen-bond acceptors (Lipinski definition) is 2. The fourth-order valence-electron chi connectivity index (χ4n) is 2.27. The summed E-state index contributed by atoms with van der Waals surface area (Å²) in [5.41, 5.74) is 1.42. The van der Waals surface area contributed by atoms with E-state index in [1.54, 1.807) is 23.1 Å². The van der Waals surface area contributed by atoms with Gasteiger partial charge in [0.15, 0.2) is 0 Å². The first-order valence-corrected chi connectivity index (χ1v) is 6.71. The van der Waals surface area contributed by atoms with E-state index in [-0.39, 0.29) is 11.7 Å². The molecule has 1 amide bonds. The van der Waals surface area contributed by atoms with Crippen LogP contribution in [-0.4, -0.2) is 19.1 Å². The molecule has 3 nitrogen and oxygen atoms in total. The summed E-state index contributed by atoms with van der Waals surface area (Å²) in [4.78, 5) is 14.0. The molecule has 0 saturated heterocycles. The maximum absolute atomic E-state index is 13.1. The first kappa shape index (κ1) is 13.4. The fourth-order valence-corrected chi connectivity index (χ4v) is 2.27. The molecule has 3 rings (SSSR count). The highest BCUT2D eigenvalue weighted by atomic mass is 19.1. The van der Waals surface area contributed by atoms with Gasteiger partial charge in [-0.25, -0.2) is 4.39 Å². The molecular formula is C17H14FNO2. The van der Waals surface area contributed by atoms with Crippen LogP contribution in [0.2, 0.25) is 0 Å². The van der Waals surface area contributed by atoms with Gasteiger partial charge >= 0.3 is 0 Å². The van der Waals surface area contributed by atoms with Crippen LogP contribution in [0.15, 0.2) is 54.6 Å². The molecule has 0 unspecified atom stereocenters. The van der Waals surface area contributed by atoms with Gasteiger partial charge in [0.25, 0.3) is 5.91 Å². The van der Waals surface area contributed by atoms with Gasteiger partial charge in [-0.3, -0.25) is 4.79 Å². The van der Waals surface area contributed by atoms with Crippen LogP contribution in [0.5, 0.6) is 5.75 Å². The zero-order chi connectivity index (χ0) is 14.7. The van der Waals surface area contributed by atoms with Crippen molar-refractivity contribution in [3.63, 3.8) is 0 Å². The molecule has 0 bridgehead atoms. The molecule has 0 fully saturated rings. The van der Waals surface area contributed by atoms with Gasteiger partial charge in [-0.05, 0) is 35.9 Å². The highest BCUT2D eigenvalue weighted by Gasteiger charge is 2.21. The average Bonchev–Trinajstić information content (AvgIpc) is 2.52. The van der Waals surface area contributed by atoms with E-state index >= 15 is 0 Å². The summed E-state index contributed by atoms with van der Waals surface area (Å²) < 4.78 is 18.6. The number of fused-ring (bicyclic) bond motifs is 1. The molecule has 0 N–H and O–H groups in total. The van der Waals surface area contributed by atoms with E-state index in [0.29, 0.717) is 24.5 Å². The van der Waals surface area contributed by atoms with Gasteiger partial charge < -0.3 is 9.64 Å². The smallest absolute Gasteiger partial charge is 0.251 e. The van der Waals surface area contributed by atoms with Crippen molar-refractivity contribution < 1.29 is 13.9 Å². The predicted molar refractivity (Wildman–Crippen MR) is 79.7 cm³/mol. The first-order chi connectivity index (χ1) is 10.2. The Morgan fingerprint density at radius 3 is 2.90 bits per heavy atom. The van der Waals surface area contributed by atoms with Gasteiger partial charge in [-0.1, -0.05) is 24.3 Å². The molecule has 0 aromatic heterocycles. The number of ether oxygens (including phenoxy) is 1. The van der Waals surface area contributed by atoms with E-state index in [2.05, 4.69) is 0 Å². The molecule has 21 heavy (non-hydrogen) atoms. The molecule has 2 aromatic carbocycles. The summed E-state index contributed by atoms with van der Waals surface area (Å²) in [5, 5.41) is 0. The zero-order valence-electron chi connectivity index (χ0n) is 11.3. The number of anilines is 1. The Morgan fingerprint density at radius 2 is 2.05 bits per heavy atom. The van der Waals surface area contributed by atoms with E-state index in [4.69, 9.17) is 4.74 Å². The minimum atomic E-state index is -0.318. The van der Waals surface area contributed by atoms with E-state index < -0.39 is 0 Å². The Hall–Kier alpha value is -2.62. The SMILES string of the molecule is O=C(/C=C/c1cccc(F)c1)N1CCOc2ccccc21. The lowest BCUT2D eigenvalue weighted by atomic mass is 10.2. The van der Waals surface area contributed by atoms with Gasteiger partial charge in [-0.2, -0.15) is 0 Å². The minimum absolute atomic E-state index is 0.144. The Bertz CT molecular complexity index is 697. The molecule has 0 spiro atoms. The van der Waals surface area contributed by atoms with Crippen molar-refractivity contribution in [1.82, 2.24) is 0 Å². The topological polar surface area (TPSA) is 29.5 Å². The number of para-hydroxylation sites is 2. The highest BCUT2D eigenvalue weighted by molar-refractivity contribution is 6.04. The van der Waals surface area contributed by atoms with Gasteiger partial charge in [0, 0.05) is 6.08 Å². The summed E-state index contributed by atoms with van der Waals surface area (Å²) in [6.45, 7) is 0.972. The van der Waals surface area contributed by atoms with E-state index in [9.17, 15) is 9.18 Å². The predicted octanol–water partition coefficient (Wildman–Crippen LogP) is 3.26. The summed E-state index contributed by atoms with van der Waals surface area (Å²) >= 11 is 0. The van der Waals surface area contributed by atoms with Crippen molar-refractivity contribution >= 4 is 17.7 Å². The van der Waals surface area contributed by atoms with Crippen LogP contribution < -0.4 is 9.64 Å². The summed E-state index contributed by atoms with van der Waals surface area (Å²) in [6.07, 6.45) is 3.07. The second kappa shape index (κ2) is 5.79. The number of carbonyl (C=O) groups is 1. The average molecular weight is 283 g/mol. The van der Waals surface area contributed by atoms with Crippen molar-refractivity contribution in [2.45, 2.75) is 0 Å². The molecule has 0 atom stereocenters. The van der Waals surface area contributed by atoms with Crippen LogP contribution in [0.1, 0.15) is 5.56 Å². The lowest BCUT2D eigenvalue weighted by molar-refractivity contribution is -0.114. The molecule has 4 heteroatoms. The highest BCUT2D eigenvalue weighted by Crippen LogP contribution is 2.31. The summed E-state index contributed by atoms with van der Waals surface area (Å²) in [7, 11) is 0. The molecule has 106 valence electrons. The standard InChI is InChI=1S/C17H14FNO2/c18-14-5-3-4-13(12-14)8-9-17(20)19-10-11-21-16-7-2-1-6-15(16)19/h1-9,12H,10-11H2/b9-8+. The number of benzene rings is 2. The second-order valence-corrected chi connectivity index (χ2v) is 4.69. The lowest BCUT2D eigenvalue weighted by Gasteiger charge is -2.28. The van der Waals surface area contributed by atoms with Gasteiger partial charge in [0.05, 0.1) is 12.2 Å². The van der Waals surface area contributed by atoms with Gasteiger partial charge in [-0.15, -0.1) is 0 Å². The van der Waals surface area contributed by atoms with E-state index in [0.717, 1.165) is 5.69 Å². The van der Waals surface area contributed by atoms with Crippen LogP contribution in [0, 0.1) is 5.82 Å². The monoisotopic (exact) mass is 283 g/mol. The van der Waals surface area contributed by atoms with Gasteiger partial charge in [0.2, 0.25) is 0 Å². The van der Waals surface area contributed by atoms with Crippen LogP contribution in [-0.2, 0) is 4.79 Å². The number of halogens is 1. The van der Waals surface area contributed by atoms with Crippen molar-refractivity contribution in [3.8, 4) is 5.75 Å². The third-order valence-corrected chi connectivity index (χ3v) is 3.26. The van der Waals surface area contributed by atoms with Crippen molar-refractivity contribution in [2.75, 3.05) is 18.1 Å². The summed E-state index contributed by atoms with van der Waals surface area (Å²) in [5.74, 6) is 0.243. The molecule has 1 aliphatic heterocycles. The molecule has 0 radical (unpaired) electrons. The minimum Gasteiger partial charge on any atom is -0.490 e. The summed E-state index contributed by atoms with van der Waals surface area (Å²) in [6, 6.07) is 13.5. The Balaban J connectivity index is 1.80. The van der Waals surface area contributed by atoms with Crippen LogP contribution >= 0.6 is 0 Å². The first-order valence-electron chi connectivity index (χ1n) is 6.71. The Kier molecular flexibility index (Phi) is 3.69. The number of hydrogen-bond donors (Lipinski definition) is 0. The third-order valence-electron chi connectivity index (χ3n) is 3.26. The number of rotatable bonds is 2. The van der Waals surface area contributed by atoms with Gasteiger partial charge in [0.1, 0.15) is 18.2 Å². The third kappa shape index (κ3) is 2.94. The molecular weight excluding hydrogens is 269 g/mol. The fraction of sp³-hybridized carbons (Fsp3) is 0.118. The van der Waals surface area contributed by atoms with Crippen molar-refractivity contribution in [2.24, 2.45) is 0 Å². The number of nitrogens with zero attached hydrogens (tertiary/aromatic N) is 1. The maximum atomic E-state index is 13.1. The quantitative estimate of drug-likeness (QED) is 0.792. The molecule has 1 heterocycles. The number of amides is 1. The molecule has 0 aliphatic carbocycles. The van der Waals surface area contributed by atoms with Crippen molar-refractivity contribution in [3.05, 3.63) is 66.0 Å². The second-order valence-electron chi connectivity index (χ2n) is 4.69. The molecule has 0 saturated carbocycles. The normalized spacial score (nSPS) is 13.9. The van der Waals surface area contributed by atoms with Crippen LogP contribution in [0.4, 0.5) is 10.1 Å². The number of carbonyl (C=O) groups excluding carboxylic acids is 1. The molecule has 1 aliphatic rings. The Morgan fingerprint density at radius 1 is 1.19 bits per heavy atom. The zero-order valence-corrected chi connectivity index (χ0v) is 11.3. The maximum Gasteiger partial charge on any atom is 0.251 e. The van der Waals surface area contributed by atoms with E-state index in [1.165, 1.54) is 18.2 Å². The van der Waals surface area contributed by atoms with Crippen molar-refractivity contribution in [1.29, 1.82) is 0 Å². The molecule has 2 aromatic rings. The van der Waals surface area contributed by atoms with Crippen LogP contribution in [0.25, 0.3) is 6.08 Å². The van der Waals surface area contributed by atoms with Crippen LogP contribution in [0.3, 0.4) is 0 Å². The Labute approximate surface area is 122 Å². The van der Waals surface area contributed by atoms with E-state index in [1.807, 2.05) is 24.3 Å². The largest absolute Gasteiger partial charge is 0.490 e. The lowest BCUT2D eigenvalue weighted by Crippen LogP contribution is -2.36.